The van der Waals surface area contributed by atoms with Crippen molar-refractivity contribution in [2.45, 2.75) is 18.8 Å². The van der Waals surface area contributed by atoms with Crippen molar-refractivity contribution in [1.29, 1.82) is 5.26 Å². The number of rotatable bonds is 5. The van der Waals surface area contributed by atoms with Crippen LogP contribution in [0.4, 0.5) is 4.39 Å². The molecule has 27 heavy (non-hydrogen) atoms. The molecule has 0 bridgehead atoms. The Morgan fingerprint density at radius 3 is 2.48 bits per heavy atom. The van der Waals surface area contributed by atoms with Crippen molar-refractivity contribution in [3.8, 4) is 11.8 Å². The first-order chi connectivity index (χ1) is 12.9. The van der Waals surface area contributed by atoms with Gasteiger partial charge < -0.3 is 10.5 Å². The first-order valence-electron chi connectivity index (χ1n) is 8.45. The van der Waals surface area contributed by atoms with Gasteiger partial charge in [0.25, 0.3) is 0 Å². The predicted molar refractivity (Wildman–Crippen MR) is 102 cm³/mol. The van der Waals surface area contributed by atoms with E-state index in [0.29, 0.717) is 16.9 Å². The van der Waals surface area contributed by atoms with Crippen molar-refractivity contribution in [1.82, 2.24) is 0 Å². The lowest BCUT2D eigenvalue weighted by molar-refractivity contribution is -0.123. The summed E-state index contributed by atoms with van der Waals surface area (Å²) in [6.45, 7) is 1.72. The molecule has 0 aliphatic rings. The molecule has 0 saturated carbocycles. The van der Waals surface area contributed by atoms with Crippen LogP contribution in [0.2, 0.25) is 0 Å². The van der Waals surface area contributed by atoms with E-state index in [1.807, 2.05) is 24.3 Å². The predicted octanol–water partition coefficient (Wildman–Crippen LogP) is 3.84. The summed E-state index contributed by atoms with van der Waals surface area (Å²) in [7, 11) is 1.49. The van der Waals surface area contributed by atoms with Gasteiger partial charge in [0.1, 0.15) is 17.6 Å². The molecule has 1 amide bonds. The SMILES string of the molecule is COc1c(C#N)cc2ccccc2c1CC(C)(C(N)=O)c1ccc(F)cc1. The van der Waals surface area contributed by atoms with Crippen LogP contribution >= 0.6 is 0 Å². The molecule has 0 saturated heterocycles. The molecule has 1 atom stereocenters. The largest absolute Gasteiger partial charge is 0.495 e. The Bertz CT molecular complexity index is 1050. The zero-order valence-electron chi connectivity index (χ0n) is 15.1. The summed E-state index contributed by atoms with van der Waals surface area (Å²) in [6, 6.07) is 17.2. The van der Waals surface area contributed by atoms with Gasteiger partial charge in [-0.15, -0.1) is 0 Å². The van der Waals surface area contributed by atoms with Gasteiger partial charge in [0.05, 0.1) is 18.1 Å². The first kappa shape index (κ1) is 18.4. The molecule has 3 rings (SSSR count). The number of benzene rings is 3. The van der Waals surface area contributed by atoms with Crippen LogP contribution in [-0.2, 0) is 16.6 Å². The van der Waals surface area contributed by atoms with Crippen molar-refractivity contribution in [2.75, 3.05) is 7.11 Å². The molecular weight excluding hydrogens is 343 g/mol. The highest BCUT2D eigenvalue weighted by molar-refractivity contribution is 5.92. The van der Waals surface area contributed by atoms with Crippen molar-refractivity contribution in [3.05, 3.63) is 77.1 Å². The third-order valence-corrected chi connectivity index (χ3v) is 4.98. The minimum atomic E-state index is -1.10. The van der Waals surface area contributed by atoms with E-state index in [-0.39, 0.29) is 12.2 Å². The minimum absolute atomic E-state index is 0.215. The summed E-state index contributed by atoms with van der Waals surface area (Å²) in [5, 5.41) is 11.3. The zero-order valence-corrected chi connectivity index (χ0v) is 15.1. The van der Waals surface area contributed by atoms with E-state index in [1.165, 1.54) is 19.2 Å². The van der Waals surface area contributed by atoms with E-state index in [1.54, 1.807) is 25.1 Å². The number of carbonyl (C=O) groups is 1. The number of methoxy groups -OCH3 is 1. The highest BCUT2D eigenvalue weighted by Gasteiger charge is 2.35. The van der Waals surface area contributed by atoms with E-state index in [2.05, 4.69) is 6.07 Å². The highest BCUT2D eigenvalue weighted by atomic mass is 19.1. The van der Waals surface area contributed by atoms with Gasteiger partial charge in [-0.3, -0.25) is 4.79 Å². The lowest BCUT2D eigenvalue weighted by Crippen LogP contribution is -2.40. The molecule has 2 N–H and O–H groups in total. The maximum atomic E-state index is 13.4. The lowest BCUT2D eigenvalue weighted by Gasteiger charge is -2.28. The van der Waals surface area contributed by atoms with Gasteiger partial charge >= 0.3 is 0 Å². The average molecular weight is 362 g/mol. The van der Waals surface area contributed by atoms with Crippen molar-refractivity contribution >= 4 is 16.7 Å². The van der Waals surface area contributed by atoms with Gasteiger partial charge in [0.15, 0.2) is 0 Å². The number of fused-ring (bicyclic) bond motifs is 1. The first-order valence-corrected chi connectivity index (χ1v) is 8.45. The Labute approximate surface area is 157 Å². The van der Waals surface area contributed by atoms with Crippen LogP contribution in [0, 0.1) is 17.1 Å². The number of nitrogens with two attached hydrogens (primary N) is 1. The molecule has 0 aliphatic carbocycles. The highest BCUT2D eigenvalue weighted by Crippen LogP contribution is 2.38. The maximum Gasteiger partial charge on any atom is 0.228 e. The van der Waals surface area contributed by atoms with E-state index in [9.17, 15) is 14.4 Å². The third-order valence-electron chi connectivity index (χ3n) is 4.98. The van der Waals surface area contributed by atoms with Crippen LogP contribution in [0.15, 0.2) is 54.6 Å². The molecule has 0 heterocycles. The molecule has 4 nitrogen and oxygen atoms in total. The third kappa shape index (κ3) is 3.22. The van der Waals surface area contributed by atoms with Crippen LogP contribution in [0.3, 0.4) is 0 Å². The van der Waals surface area contributed by atoms with Crippen molar-refractivity contribution in [2.24, 2.45) is 5.73 Å². The van der Waals surface area contributed by atoms with Crippen LogP contribution in [-0.4, -0.2) is 13.0 Å². The van der Waals surface area contributed by atoms with Crippen LogP contribution < -0.4 is 10.5 Å². The smallest absolute Gasteiger partial charge is 0.228 e. The molecule has 3 aromatic carbocycles. The van der Waals surface area contributed by atoms with Crippen LogP contribution in [0.1, 0.15) is 23.6 Å². The number of primary amides is 1. The Balaban J connectivity index is 2.25. The molecule has 0 radical (unpaired) electrons. The van der Waals surface area contributed by atoms with Crippen molar-refractivity contribution < 1.29 is 13.9 Å². The lowest BCUT2D eigenvalue weighted by atomic mass is 9.75. The molecule has 136 valence electrons. The fourth-order valence-electron chi connectivity index (χ4n) is 3.40. The van der Waals surface area contributed by atoms with Gasteiger partial charge in [0, 0.05) is 5.56 Å². The number of amides is 1. The summed E-state index contributed by atoms with van der Waals surface area (Å²) in [5.74, 6) is -0.506. The van der Waals surface area contributed by atoms with E-state index < -0.39 is 11.3 Å². The van der Waals surface area contributed by atoms with Crippen LogP contribution in [0.5, 0.6) is 5.75 Å². The Hall–Kier alpha value is -3.39. The van der Waals surface area contributed by atoms with E-state index in [0.717, 1.165) is 16.3 Å². The molecule has 3 aromatic rings. The monoisotopic (exact) mass is 362 g/mol. The van der Waals surface area contributed by atoms with Gasteiger partial charge in [-0.25, -0.2) is 4.39 Å². The zero-order chi connectivity index (χ0) is 19.6. The summed E-state index contributed by atoms with van der Waals surface area (Å²) in [4.78, 5) is 12.4. The molecule has 1 unspecified atom stereocenters. The van der Waals surface area contributed by atoms with Crippen molar-refractivity contribution in [3.63, 3.8) is 0 Å². The molecule has 0 spiro atoms. The van der Waals surface area contributed by atoms with E-state index in [4.69, 9.17) is 10.5 Å². The second-order valence-electron chi connectivity index (χ2n) is 6.65. The maximum absolute atomic E-state index is 13.4. The minimum Gasteiger partial charge on any atom is -0.495 e. The number of nitrogens with zero attached hydrogens (tertiary/aromatic N) is 1. The number of nitriles is 1. The van der Waals surface area contributed by atoms with E-state index >= 15 is 0 Å². The normalized spacial score (nSPS) is 13.0. The number of carbonyl (C=O) groups excluding carboxylic acids is 1. The Morgan fingerprint density at radius 1 is 1.22 bits per heavy atom. The summed E-state index contributed by atoms with van der Waals surface area (Å²) < 4.78 is 18.9. The molecule has 0 aliphatic heterocycles. The molecule has 5 heteroatoms. The quantitative estimate of drug-likeness (QED) is 0.749. The van der Waals surface area contributed by atoms with Gasteiger partial charge in [-0.2, -0.15) is 5.26 Å². The number of hydrogen-bond donors (Lipinski definition) is 1. The molecule has 0 aromatic heterocycles. The Morgan fingerprint density at radius 2 is 1.89 bits per heavy atom. The number of hydrogen-bond acceptors (Lipinski definition) is 3. The standard InChI is InChI=1S/C22H19FN2O2/c1-22(21(25)26,16-7-9-17(23)10-8-16)12-19-18-6-4-3-5-14(18)11-15(13-24)20(19)27-2/h3-11H,12H2,1-2H3,(H2,25,26). The fourth-order valence-corrected chi connectivity index (χ4v) is 3.40. The topological polar surface area (TPSA) is 76.1 Å². The van der Waals surface area contributed by atoms with Gasteiger partial charge in [-0.1, -0.05) is 36.4 Å². The van der Waals surface area contributed by atoms with Gasteiger partial charge in [0.2, 0.25) is 5.91 Å². The second-order valence-corrected chi connectivity index (χ2v) is 6.65. The summed E-state index contributed by atoms with van der Waals surface area (Å²) in [5.41, 5.74) is 6.37. The summed E-state index contributed by atoms with van der Waals surface area (Å²) in [6.07, 6.45) is 0.215. The van der Waals surface area contributed by atoms with Crippen LogP contribution in [0.25, 0.3) is 10.8 Å². The van der Waals surface area contributed by atoms with Gasteiger partial charge in [-0.05, 0) is 47.9 Å². The molecule has 0 fully saturated rings. The second kappa shape index (κ2) is 7.08. The molecular formula is C22H19FN2O2. The Kier molecular flexibility index (Phi) is 4.83. The average Bonchev–Trinajstić information content (AvgIpc) is 2.67. The number of halogens is 1. The number of ether oxygens (including phenoxy) is 1. The fraction of sp³-hybridized carbons (Fsp3) is 0.182. The summed E-state index contributed by atoms with van der Waals surface area (Å²) >= 11 is 0.